The maximum Gasteiger partial charge on any atom is 0.251 e. The van der Waals surface area contributed by atoms with Crippen molar-refractivity contribution in [1.82, 2.24) is 5.32 Å². The summed E-state index contributed by atoms with van der Waals surface area (Å²) in [5.74, 6) is 1.14. The molecule has 0 bridgehead atoms. The number of ether oxygens (including phenoxy) is 1. The monoisotopic (exact) mass is 296 g/mol. The maximum absolute atomic E-state index is 12.4. The molecule has 3 rings (SSSR count). The Hall–Kier alpha value is -2.49. The number of para-hydroxylation sites is 1. The van der Waals surface area contributed by atoms with E-state index in [1.807, 2.05) is 31.2 Å². The second kappa shape index (κ2) is 6.10. The molecule has 0 aromatic heterocycles. The SMILES string of the molecule is Cc1ccc(N)cc1C(=O)NCC1CCOc2ccccc21. The largest absolute Gasteiger partial charge is 0.493 e. The Kier molecular flexibility index (Phi) is 4.00. The van der Waals surface area contributed by atoms with E-state index < -0.39 is 0 Å². The predicted molar refractivity (Wildman–Crippen MR) is 87.2 cm³/mol. The first-order valence-corrected chi connectivity index (χ1v) is 7.51. The fraction of sp³-hybridized carbons (Fsp3) is 0.278. The first-order valence-electron chi connectivity index (χ1n) is 7.51. The van der Waals surface area contributed by atoms with Gasteiger partial charge >= 0.3 is 0 Å². The van der Waals surface area contributed by atoms with Crippen molar-refractivity contribution in [2.75, 3.05) is 18.9 Å². The molecule has 3 N–H and O–H groups in total. The number of nitrogens with one attached hydrogen (secondary N) is 1. The Morgan fingerprint density at radius 3 is 3.00 bits per heavy atom. The van der Waals surface area contributed by atoms with Gasteiger partial charge in [-0.15, -0.1) is 0 Å². The van der Waals surface area contributed by atoms with Gasteiger partial charge in [-0.2, -0.15) is 0 Å². The average Bonchev–Trinajstić information content (AvgIpc) is 2.54. The molecule has 114 valence electrons. The van der Waals surface area contributed by atoms with Crippen LogP contribution in [-0.2, 0) is 0 Å². The van der Waals surface area contributed by atoms with Crippen LogP contribution in [-0.4, -0.2) is 19.1 Å². The summed E-state index contributed by atoms with van der Waals surface area (Å²) in [6.45, 7) is 3.21. The molecule has 0 radical (unpaired) electrons. The van der Waals surface area contributed by atoms with Gasteiger partial charge in [-0.1, -0.05) is 24.3 Å². The van der Waals surface area contributed by atoms with Gasteiger partial charge in [0.1, 0.15) is 5.75 Å². The highest BCUT2D eigenvalue weighted by molar-refractivity contribution is 5.96. The van der Waals surface area contributed by atoms with Crippen molar-refractivity contribution in [3.8, 4) is 5.75 Å². The Morgan fingerprint density at radius 2 is 2.14 bits per heavy atom. The summed E-state index contributed by atoms with van der Waals surface area (Å²) in [4.78, 5) is 12.4. The number of hydrogen-bond donors (Lipinski definition) is 2. The molecule has 1 unspecified atom stereocenters. The molecule has 1 heterocycles. The molecule has 0 aliphatic carbocycles. The number of fused-ring (bicyclic) bond motifs is 1. The van der Waals surface area contributed by atoms with Crippen molar-refractivity contribution in [1.29, 1.82) is 0 Å². The van der Waals surface area contributed by atoms with Crippen LogP contribution in [0.15, 0.2) is 42.5 Å². The summed E-state index contributed by atoms with van der Waals surface area (Å²) in [6, 6.07) is 13.4. The lowest BCUT2D eigenvalue weighted by Gasteiger charge is -2.26. The molecule has 0 fully saturated rings. The minimum Gasteiger partial charge on any atom is -0.493 e. The van der Waals surface area contributed by atoms with Crippen molar-refractivity contribution < 1.29 is 9.53 Å². The average molecular weight is 296 g/mol. The van der Waals surface area contributed by atoms with Crippen molar-refractivity contribution >= 4 is 11.6 Å². The third kappa shape index (κ3) is 2.91. The van der Waals surface area contributed by atoms with Crippen LogP contribution < -0.4 is 15.8 Å². The standard InChI is InChI=1S/C18H20N2O2/c1-12-6-7-14(19)10-16(12)18(21)20-11-13-8-9-22-17-5-3-2-4-15(13)17/h2-7,10,13H,8-9,11,19H2,1H3,(H,20,21). The maximum atomic E-state index is 12.4. The van der Waals surface area contributed by atoms with Crippen molar-refractivity contribution in [3.63, 3.8) is 0 Å². The molecule has 1 atom stereocenters. The van der Waals surface area contributed by atoms with Gasteiger partial charge < -0.3 is 15.8 Å². The third-order valence-electron chi connectivity index (χ3n) is 4.10. The van der Waals surface area contributed by atoms with Gasteiger partial charge in [0.05, 0.1) is 6.61 Å². The topological polar surface area (TPSA) is 64.4 Å². The second-order valence-corrected chi connectivity index (χ2v) is 5.66. The summed E-state index contributed by atoms with van der Waals surface area (Å²) < 4.78 is 5.65. The summed E-state index contributed by atoms with van der Waals surface area (Å²) in [6.07, 6.45) is 0.910. The van der Waals surface area contributed by atoms with E-state index in [0.29, 0.717) is 24.4 Å². The zero-order valence-corrected chi connectivity index (χ0v) is 12.6. The molecular formula is C18H20N2O2. The quantitative estimate of drug-likeness (QED) is 0.856. The highest BCUT2D eigenvalue weighted by Gasteiger charge is 2.21. The minimum atomic E-state index is -0.0752. The third-order valence-corrected chi connectivity index (χ3v) is 4.10. The number of hydrogen-bond acceptors (Lipinski definition) is 3. The first kappa shape index (κ1) is 14.4. The number of nitrogens with two attached hydrogens (primary N) is 1. The lowest BCUT2D eigenvalue weighted by atomic mass is 9.93. The van der Waals surface area contributed by atoms with Gasteiger partial charge in [0, 0.05) is 23.7 Å². The van der Waals surface area contributed by atoms with Crippen molar-refractivity contribution in [3.05, 3.63) is 59.2 Å². The van der Waals surface area contributed by atoms with Crippen LogP contribution in [0.2, 0.25) is 0 Å². The molecule has 1 aliphatic heterocycles. The van der Waals surface area contributed by atoms with Gasteiger partial charge in [-0.3, -0.25) is 4.79 Å². The van der Waals surface area contributed by atoms with Crippen LogP contribution in [0.25, 0.3) is 0 Å². The lowest BCUT2D eigenvalue weighted by molar-refractivity contribution is 0.0947. The van der Waals surface area contributed by atoms with E-state index in [1.54, 1.807) is 12.1 Å². The smallest absolute Gasteiger partial charge is 0.251 e. The normalized spacial score (nSPS) is 16.5. The molecule has 4 heteroatoms. The van der Waals surface area contributed by atoms with E-state index in [9.17, 15) is 4.79 Å². The molecule has 1 amide bonds. The zero-order chi connectivity index (χ0) is 15.5. The highest BCUT2D eigenvalue weighted by atomic mass is 16.5. The fourth-order valence-corrected chi connectivity index (χ4v) is 2.82. The zero-order valence-electron chi connectivity index (χ0n) is 12.6. The molecular weight excluding hydrogens is 276 g/mol. The number of aryl methyl sites for hydroxylation is 1. The molecule has 1 aliphatic rings. The van der Waals surface area contributed by atoms with Gasteiger partial charge in [-0.05, 0) is 42.7 Å². The van der Waals surface area contributed by atoms with Crippen LogP contribution in [0, 0.1) is 6.92 Å². The van der Waals surface area contributed by atoms with E-state index >= 15 is 0 Å². The highest BCUT2D eigenvalue weighted by Crippen LogP contribution is 2.32. The number of carbonyl (C=O) groups excluding carboxylic acids is 1. The van der Waals surface area contributed by atoms with Gasteiger partial charge in [-0.25, -0.2) is 0 Å². The van der Waals surface area contributed by atoms with Crippen LogP contribution in [0.4, 0.5) is 5.69 Å². The second-order valence-electron chi connectivity index (χ2n) is 5.66. The number of nitrogen functional groups attached to an aromatic ring is 1. The predicted octanol–water partition coefficient (Wildman–Crippen LogP) is 2.87. The van der Waals surface area contributed by atoms with E-state index in [2.05, 4.69) is 11.4 Å². The van der Waals surface area contributed by atoms with Gasteiger partial charge in [0.2, 0.25) is 0 Å². The van der Waals surface area contributed by atoms with Crippen molar-refractivity contribution in [2.45, 2.75) is 19.3 Å². The summed E-state index contributed by atoms with van der Waals surface area (Å²) in [7, 11) is 0. The van der Waals surface area contributed by atoms with E-state index in [-0.39, 0.29) is 11.8 Å². The first-order chi connectivity index (χ1) is 10.6. The molecule has 2 aromatic carbocycles. The Bertz CT molecular complexity index is 697. The van der Waals surface area contributed by atoms with Gasteiger partial charge in [0.25, 0.3) is 5.91 Å². The molecule has 0 spiro atoms. The molecule has 2 aromatic rings. The van der Waals surface area contributed by atoms with Crippen LogP contribution >= 0.6 is 0 Å². The van der Waals surface area contributed by atoms with E-state index in [0.717, 1.165) is 17.7 Å². The number of rotatable bonds is 3. The number of carbonyl (C=O) groups is 1. The number of anilines is 1. The summed E-state index contributed by atoms with van der Waals surface area (Å²) in [5, 5.41) is 3.03. The van der Waals surface area contributed by atoms with Gasteiger partial charge in [0.15, 0.2) is 0 Å². The molecule has 4 nitrogen and oxygen atoms in total. The minimum absolute atomic E-state index is 0.0752. The fourth-order valence-electron chi connectivity index (χ4n) is 2.82. The van der Waals surface area contributed by atoms with Crippen LogP contribution in [0.3, 0.4) is 0 Å². The Labute approximate surface area is 130 Å². The summed E-state index contributed by atoms with van der Waals surface area (Å²) in [5.41, 5.74) is 9.11. The van der Waals surface area contributed by atoms with Crippen LogP contribution in [0.1, 0.15) is 33.8 Å². The summed E-state index contributed by atoms with van der Waals surface area (Å²) >= 11 is 0. The molecule has 0 saturated carbocycles. The Balaban J connectivity index is 1.71. The van der Waals surface area contributed by atoms with Crippen LogP contribution in [0.5, 0.6) is 5.75 Å². The Morgan fingerprint density at radius 1 is 1.32 bits per heavy atom. The van der Waals surface area contributed by atoms with Crippen molar-refractivity contribution in [2.24, 2.45) is 0 Å². The van der Waals surface area contributed by atoms with E-state index in [4.69, 9.17) is 10.5 Å². The number of benzene rings is 2. The number of amides is 1. The van der Waals surface area contributed by atoms with E-state index in [1.165, 1.54) is 5.56 Å². The lowest BCUT2D eigenvalue weighted by Crippen LogP contribution is -2.31. The molecule has 0 saturated heterocycles. The molecule has 22 heavy (non-hydrogen) atoms.